The summed E-state index contributed by atoms with van der Waals surface area (Å²) in [5.74, 6) is -0.893. The first-order valence-corrected chi connectivity index (χ1v) is 34.5. The number of unbranched alkanes of at least 4 members (excludes halogenated alkanes) is 31. The second-order valence-electron chi connectivity index (χ2n) is 22.7. The highest BCUT2D eigenvalue weighted by Gasteiger charge is 2.19. The highest BCUT2D eigenvalue weighted by Crippen LogP contribution is 2.16. The van der Waals surface area contributed by atoms with E-state index < -0.39 is 6.10 Å². The lowest BCUT2D eigenvalue weighted by molar-refractivity contribution is -0.167. The van der Waals surface area contributed by atoms with E-state index in [0.717, 1.165) is 128 Å². The van der Waals surface area contributed by atoms with Crippen LogP contribution < -0.4 is 0 Å². The van der Waals surface area contributed by atoms with Gasteiger partial charge in [-0.15, -0.1) is 0 Å². The minimum Gasteiger partial charge on any atom is -0.462 e. The van der Waals surface area contributed by atoms with Crippen molar-refractivity contribution < 1.29 is 28.6 Å². The second-order valence-corrected chi connectivity index (χ2v) is 22.7. The van der Waals surface area contributed by atoms with E-state index in [1.807, 2.05) is 0 Å². The van der Waals surface area contributed by atoms with E-state index in [-0.39, 0.29) is 31.1 Å². The Kier molecular flexibility index (Phi) is 65.8. The zero-order chi connectivity index (χ0) is 59.2. The zero-order valence-electron chi connectivity index (χ0n) is 53.7. The third kappa shape index (κ3) is 66.6. The summed E-state index contributed by atoms with van der Waals surface area (Å²) in [6.45, 7) is 6.51. The van der Waals surface area contributed by atoms with Crippen LogP contribution in [0.15, 0.2) is 122 Å². The van der Waals surface area contributed by atoms with Crippen LogP contribution in [0.25, 0.3) is 0 Å². The Bertz CT molecular complexity index is 1690. The second kappa shape index (κ2) is 69.3. The average molecular weight is 1140 g/mol. The standard InChI is InChI=1S/C76H128O6/c1-4-7-10-13-16-19-22-24-26-28-30-32-34-35-36-37-38-39-40-41-43-44-46-48-50-52-54-57-60-63-66-69-75(78)81-72-73(71-80-74(77)68-65-62-59-56-21-18-15-12-9-6-3)82-76(79)70-67-64-61-58-55-53-51-49-47-45-42-33-31-29-27-25-23-20-17-14-11-8-5-2/h7,10,16,19,23-26,29-32,35-36,38-39,41,43,46,48,73H,4-6,8-9,11-15,17-18,20-22,27-28,33-34,37,40,42,44-45,47,49-72H2,1-3H3/b10-7-,19-16-,25-23-,26-24-,31-29-,32-30-,36-35-,39-38-,43-41-,48-46-. The molecule has 0 N–H and O–H groups in total. The average Bonchev–Trinajstić information content (AvgIpc) is 3.47. The Morgan fingerprint density at radius 3 is 0.744 bits per heavy atom. The Hall–Kier alpha value is -4.19. The predicted octanol–water partition coefficient (Wildman–Crippen LogP) is 23.9. The summed E-state index contributed by atoms with van der Waals surface area (Å²) in [5.41, 5.74) is 0. The molecule has 6 nitrogen and oxygen atoms in total. The molecule has 0 rings (SSSR count). The van der Waals surface area contributed by atoms with Gasteiger partial charge in [-0.25, -0.2) is 0 Å². The molecule has 0 saturated carbocycles. The van der Waals surface area contributed by atoms with E-state index in [1.54, 1.807) is 0 Å². The molecule has 6 heteroatoms. The normalized spacial score (nSPS) is 12.9. The van der Waals surface area contributed by atoms with Crippen LogP contribution in [-0.2, 0) is 28.6 Å². The molecule has 0 radical (unpaired) electrons. The highest BCUT2D eigenvalue weighted by molar-refractivity contribution is 5.71. The molecule has 0 aromatic rings. The minimum atomic E-state index is -0.787. The number of allylic oxidation sites excluding steroid dienone is 20. The van der Waals surface area contributed by atoms with E-state index in [0.29, 0.717) is 19.3 Å². The molecule has 1 unspecified atom stereocenters. The number of hydrogen-bond acceptors (Lipinski definition) is 6. The van der Waals surface area contributed by atoms with Crippen molar-refractivity contribution in [1.82, 2.24) is 0 Å². The molecule has 0 aromatic carbocycles. The van der Waals surface area contributed by atoms with E-state index in [9.17, 15) is 14.4 Å². The number of carbonyl (C=O) groups is 3. The summed E-state index contributed by atoms with van der Waals surface area (Å²) in [6, 6.07) is 0. The molecular weight excluding hydrogens is 1010 g/mol. The first-order chi connectivity index (χ1) is 40.5. The molecule has 82 heavy (non-hydrogen) atoms. The molecule has 0 amide bonds. The molecule has 0 aromatic heterocycles. The van der Waals surface area contributed by atoms with Gasteiger partial charge in [-0.05, 0) is 116 Å². The van der Waals surface area contributed by atoms with Gasteiger partial charge in [-0.3, -0.25) is 14.4 Å². The van der Waals surface area contributed by atoms with Crippen LogP contribution in [0.4, 0.5) is 0 Å². The molecule has 0 spiro atoms. The molecular formula is C76H128O6. The quantitative estimate of drug-likeness (QED) is 0.0261. The monoisotopic (exact) mass is 1140 g/mol. The molecule has 0 bridgehead atoms. The summed E-state index contributed by atoms with van der Waals surface area (Å²) in [7, 11) is 0. The maximum Gasteiger partial charge on any atom is 0.306 e. The van der Waals surface area contributed by atoms with Crippen LogP contribution in [0.5, 0.6) is 0 Å². The molecule has 0 aliphatic rings. The van der Waals surface area contributed by atoms with E-state index in [2.05, 4.69) is 142 Å². The van der Waals surface area contributed by atoms with Crippen LogP contribution in [0.1, 0.15) is 323 Å². The lowest BCUT2D eigenvalue weighted by atomic mass is 10.0. The Labute approximate surface area is 507 Å². The third-order valence-electron chi connectivity index (χ3n) is 14.7. The topological polar surface area (TPSA) is 78.9 Å². The van der Waals surface area contributed by atoms with Crippen LogP contribution in [0, 0.1) is 0 Å². The van der Waals surface area contributed by atoms with Gasteiger partial charge >= 0.3 is 17.9 Å². The number of carbonyl (C=O) groups excluding carboxylic acids is 3. The van der Waals surface area contributed by atoms with Gasteiger partial charge in [0.1, 0.15) is 13.2 Å². The van der Waals surface area contributed by atoms with Crippen LogP contribution >= 0.6 is 0 Å². The number of rotatable bonds is 62. The zero-order valence-corrected chi connectivity index (χ0v) is 53.7. The van der Waals surface area contributed by atoms with E-state index in [1.165, 1.54) is 154 Å². The molecule has 1 atom stereocenters. The Morgan fingerprint density at radius 2 is 0.476 bits per heavy atom. The predicted molar refractivity (Wildman–Crippen MR) is 357 cm³/mol. The SMILES string of the molecule is CC/C=C\C/C=C\C/C=C\C/C=C\C/C=C\C/C=C\C/C=C\C/C=C\CCCCCCCCC(=O)OCC(COC(=O)CCCCCCCCCCCC)OC(=O)CCCCCCCCCCCCC/C=C\C/C=C\CCCCCCC. The smallest absolute Gasteiger partial charge is 0.306 e. The molecule has 0 fully saturated rings. The fraction of sp³-hybridized carbons (Fsp3) is 0.697. The van der Waals surface area contributed by atoms with Gasteiger partial charge in [0.25, 0.3) is 0 Å². The van der Waals surface area contributed by atoms with Gasteiger partial charge in [0.15, 0.2) is 6.10 Å². The molecule has 0 aliphatic heterocycles. The lowest BCUT2D eigenvalue weighted by Gasteiger charge is -2.18. The van der Waals surface area contributed by atoms with Crippen LogP contribution in [-0.4, -0.2) is 37.2 Å². The van der Waals surface area contributed by atoms with Crippen LogP contribution in [0.3, 0.4) is 0 Å². The fourth-order valence-electron chi connectivity index (χ4n) is 9.55. The molecule has 468 valence electrons. The third-order valence-corrected chi connectivity index (χ3v) is 14.7. The number of ether oxygens (including phenoxy) is 3. The Morgan fingerprint density at radius 1 is 0.256 bits per heavy atom. The first-order valence-electron chi connectivity index (χ1n) is 34.5. The van der Waals surface area contributed by atoms with E-state index >= 15 is 0 Å². The van der Waals surface area contributed by atoms with Gasteiger partial charge < -0.3 is 14.2 Å². The minimum absolute atomic E-state index is 0.0825. The van der Waals surface area contributed by atoms with Crippen molar-refractivity contribution >= 4 is 17.9 Å². The lowest BCUT2D eigenvalue weighted by Crippen LogP contribution is -2.30. The summed E-state index contributed by atoms with van der Waals surface area (Å²) < 4.78 is 16.9. The highest BCUT2D eigenvalue weighted by atomic mass is 16.6. The summed E-state index contributed by atoms with van der Waals surface area (Å²) in [4.78, 5) is 38.3. The van der Waals surface area contributed by atoms with Crippen molar-refractivity contribution in [3.05, 3.63) is 122 Å². The first kappa shape index (κ1) is 77.8. The van der Waals surface area contributed by atoms with Gasteiger partial charge in [-0.2, -0.15) is 0 Å². The van der Waals surface area contributed by atoms with Crippen molar-refractivity contribution in [2.24, 2.45) is 0 Å². The van der Waals surface area contributed by atoms with Gasteiger partial charge in [0.05, 0.1) is 0 Å². The van der Waals surface area contributed by atoms with Crippen molar-refractivity contribution in [2.75, 3.05) is 13.2 Å². The number of hydrogen-bond donors (Lipinski definition) is 0. The van der Waals surface area contributed by atoms with E-state index in [4.69, 9.17) is 14.2 Å². The Balaban J connectivity index is 4.27. The summed E-state index contributed by atoms with van der Waals surface area (Å²) in [5, 5.41) is 0. The van der Waals surface area contributed by atoms with Crippen LogP contribution in [0.2, 0.25) is 0 Å². The van der Waals surface area contributed by atoms with Gasteiger partial charge in [0, 0.05) is 19.3 Å². The molecule has 0 saturated heterocycles. The maximum atomic E-state index is 12.9. The number of esters is 3. The van der Waals surface area contributed by atoms with Crippen molar-refractivity contribution in [2.45, 2.75) is 329 Å². The fourth-order valence-corrected chi connectivity index (χ4v) is 9.55. The van der Waals surface area contributed by atoms with Gasteiger partial charge in [-0.1, -0.05) is 309 Å². The van der Waals surface area contributed by atoms with Crippen molar-refractivity contribution in [1.29, 1.82) is 0 Å². The van der Waals surface area contributed by atoms with Crippen molar-refractivity contribution in [3.8, 4) is 0 Å². The largest absolute Gasteiger partial charge is 0.462 e. The van der Waals surface area contributed by atoms with Gasteiger partial charge in [0.2, 0.25) is 0 Å². The molecule has 0 heterocycles. The summed E-state index contributed by atoms with van der Waals surface area (Å²) >= 11 is 0. The van der Waals surface area contributed by atoms with Crippen molar-refractivity contribution in [3.63, 3.8) is 0 Å². The summed E-state index contributed by atoms with van der Waals surface area (Å²) in [6.07, 6.45) is 96.5. The molecule has 0 aliphatic carbocycles. The maximum absolute atomic E-state index is 12.9.